The average molecular weight is 313 g/mol. The molecule has 1 N–H and O–H groups in total. The van der Waals surface area contributed by atoms with Crippen LogP contribution in [0.3, 0.4) is 0 Å². The predicted octanol–water partition coefficient (Wildman–Crippen LogP) is 3.19. The van der Waals surface area contributed by atoms with Crippen LogP contribution in [0.1, 0.15) is 10.4 Å². The second-order valence-corrected chi connectivity index (χ2v) is 4.81. The van der Waals surface area contributed by atoms with Gasteiger partial charge >= 0.3 is 5.63 Å². The highest BCUT2D eigenvalue weighted by molar-refractivity contribution is 6.05. The molecule has 1 amide bonds. The number of carbonyl (C=O) groups excluding carboxylic acids is 1. The fraction of sp³-hybridized carbons (Fsp3) is 0.0588. The summed E-state index contributed by atoms with van der Waals surface area (Å²) in [6, 6.07) is 11.6. The van der Waals surface area contributed by atoms with Crippen molar-refractivity contribution in [3.8, 4) is 5.75 Å². The van der Waals surface area contributed by atoms with Crippen molar-refractivity contribution in [2.45, 2.75) is 0 Å². The van der Waals surface area contributed by atoms with Crippen molar-refractivity contribution in [2.24, 2.45) is 0 Å². The number of halogens is 1. The van der Waals surface area contributed by atoms with Crippen LogP contribution in [0.4, 0.5) is 10.1 Å². The number of methoxy groups -OCH3 is 1. The van der Waals surface area contributed by atoms with Crippen LogP contribution in [0.25, 0.3) is 11.0 Å². The van der Waals surface area contributed by atoms with Gasteiger partial charge in [-0.25, -0.2) is 9.18 Å². The van der Waals surface area contributed by atoms with Crippen molar-refractivity contribution >= 4 is 22.6 Å². The Morgan fingerprint density at radius 1 is 1.13 bits per heavy atom. The van der Waals surface area contributed by atoms with Crippen molar-refractivity contribution in [3.05, 3.63) is 70.3 Å². The van der Waals surface area contributed by atoms with E-state index < -0.39 is 17.3 Å². The lowest BCUT2D eigenvalue weighted by molar-refractivity contribution is 0.102. The molecule has 5 nitrogen and oxygen atoms in total. The van der Waals surface area contributed by atoms with E-state index in [1.165, 1.54) is 37.4 Å². The van der Waals surface area contributed by atoms with Crippen LogP contribution >= 0.6 is 0 Å². The van der Waals surface area contributed by atoms with Crippen molar-refractivity contribution < 1.29 is 18.3 Å². The number of carbonyl (C=O) groups is 1. The van der Waals surface area contributed by atoms with Gasteiger partial charge in [0.15, 0.2) is 0 Å². The zero-order valence-electron chi connectivity index (χ0n) is 12.1. The highest BCUT2D eigenvalue weighted by atomic mass is 19.1. The molecule has 116 valence electrons. The van der Waals surface area contributed by atoms with Crippen LogP contribution in [0.5, 0.6) is 5.75 Å². The molecule has 1 aromatic heterocycles. The summed E-state index contributed by atoms with van der Waals surface area (Å²) >= 11 is 0. The lowest BCUT2D eigenvalue weighted by atomic mass is 10.1. The molecule has 0 bridgehead atoms. The van der Waals surface area contributed by atoms with Crippen LogP contribution in [-0.4, -0.2) is 13.0 Å². The van der Waals surface area contributed by atoms with Gasteiger partial charge in [0.05, 0.1) is 7.11 Å². The number of benzene rings is 2. The summed E-state index contributed by atoms with van der Waals surface area (Å²) in [5, 5.41) is 3.09. The van der Waals surface area contributed by atoms with Gasteiger partial charge in [-0.15, -0.1) is 0 Å². The quantitative estimate of drug-likeness (QED) is 0.754. The fourth-order valence-electron chi connectivity index (χ4n) is 2.12. The van der Waals surface area contributed by atoms with E-state index in [1.54, 1.807) is 18.2 Å². The Bertz CT molecular complexity index is 931. The smallest absolute Gasteiger partial charge is 0.349 e. The van der Waals surface area contributed by atoms with E-state index in [2.05, 4.69) is 5.32 Å². The molecule has 0 saturated carbocycles. The summed E-state index contributed by atoms with van der Waals surface area (Å²) in [7, 11) is 1.52. The van der Waals surface area contributed by atoms with Gasteiger partial charge in [-0.05, 0) is 48.5 Å². The molecule has 2 aromatic carbocycles. The number of fused-ring (bicyclic) bond motifs is 1. The maximum Gasteiger partial charge on any atom is 0.349 e. The number of hydrogen-bond acceptors (Lipinski definition) is 4. The van der Waals surface area contributed by atoms with E-state index in [9.17, 15) is 14.0 Å². The maximum atomic E-state index is 12.9. The molecule has 0 saturated heterocycles. The SMILES string of the molecule is COc1ccc2oc(=O)c(C(=O)Nc3ccc(F)cc3)cc2c1. The summed E-state index contributed by atoms with van der Waals surface area (Å²) in [6.45, 7) is 0. The summed E-state index contributed by atoms with van der Waals surface area (Å²) < 4.78 is 23.1. The molecule has 23 heavy (non-hydrogen) atoms. The molecule has 3 rings (SSSR count). The zero-order chi connectivity index (χ0) is 16.4. The Morgan fingerprint density at radius 2 is 1.87 bits per heavy atom. The first-order chi connectivity index (χ1) is 11.1. The third kappa shape index (κ3) is 3.06. The molecule has 0 aliphatic rings. The van der Waals surface area contributed by atoms with Gasteiger partial charge in [-0.3, -0.25) is 4.79 Å². The van der Waals surface area contributed by atoms with Crippen molar-refractivity contribution in [1.29, 1.82) is 0 Å². The molecule has 0 aliphatic heterocycles. The zero-order valence-corrected chi connectivity index (χ0v) is 12.1. The number of hydrogen-bond donors (Lipinski definition) is 1. The molecule has 0 atom stereocenters. The van der Waals surface area contributed by atoms with Crippen LogP contribution in [-0.2, 0) is 0 Å². The van der Waals surface area contributed by atoms with Crippen molar-refractivity contribution in [3.63, 3.8) is 0 Å². The van der Waals surface area contributed by atoms with E-state index in [0.717, 1.165) is 0 Å². The van der Waals surface area contributed by atoms with E-state index in [1.807, 2.05) is 0 Å². The number of rotatable bonds is 3. The normalized spacial score (nSPS) is 10.5. The topological polar surface area (TPSA) is 68.5 Å². The van der Waals surface area contributed by atoms with Crippen molar-refractivity contribution in [1.82, 2.24) is 0 Å². The van der Waals surface area contributed by atoms with Gasteiger partial charge in [-0.2, -0.15) is 0 Å². The van der Waals surface area contributed by atoms with Gasteiger partial charge in [0.2, 0.25) is 0 Å². The minimum atomic E-state index is -0.748. The van der Waals surface area contributed by atoms with Crippen LogP contribution < -0.4 is 15.7 Å². The summed E-state index contributed by atoms with van der Waals surface area (Å²) in [5.74, 6) is -0.466. The van der Waals surface area contributed by atoms with E-state index in [4.69, 9.17) is 9.15 Å². The largest absolute Gasteiger partial charge is 0.497 e. The number of nitrogens with one attached hydrogen (secondary N) is 1. The van der Waals surface area contributed by atoms with E-state index in [0.29, 0.717) is 22.4 Å². The Kier molecular flexibility index (Phi) is 3.80. The van der Waals surface area contributed by atoms with Gasteiger partial charge in [0.1, 0.15) is 22.7 Å². The molecular formula is C17H12FNO4. The minimum absolute atomic E-state index is 0.143. The van der Waals surface area contributed by atoms with Crippen LogP contribution in [0.15, 0.2) is 57.7 Å². The van der Waals surface area contributed by atoms with Gasteiger partial charge in [-0.1, -0.05) is 0 Å². The molecule has 1 heterocycles. The standard InChI is InChI=1S/C17H12FNO4/c1-22-13-6-7-15-10(8-13)9-14(17(21)23-15)16(20)19-12-4-2-11(18)3-5-12/h2-9H,1H3,(H,19,20). The first-order valence-corrected chi connectivity index (χ1v) is 6.75. The first kappa shape index (κ1) is 14.8. The second-order valence-electron chi connectivity index (χ2n) is 4.81. The molecular weight excluding hydrogens is 301 g/mol. The lowest BCUT2D eigenvalue weighted by Crippen LogP contribution is -2.20. The molecule has 0 fully saturated rings. The Hall–Kier alpha value is -3.15. The minimum Gasteiger partial charge on any atom is -0.497 e. The molecule has 0 aliphatic carbocycles. The second kappa shape index (κ2) is 5.92. The summed E-state index contributed by atoms with van der Waals surface area (Å²) in [4.78, 5) is 24.2. The van der Waals surface area contributed by atoms with Crippen LogP contribution in [0.2, 0.25) is 0 Å². The van der Waals surface area contributed by atoms with Crippen molar-refractivity contribution in [2.75, 3.05) is 12.4 Å². The highest BCUT2D eigenvalue weighted by Gasteiger charge is 2.14. The van der Waals surface area contributed by atoms with Crippen LogP contribution in [0, 0.1) is 5.82 Å². The predicted molar refractivity (Wildman–Crippen MR) is 83.4 cm³/mol. The van der Waals surface area contributed by atoms with Gasteiger partial charge < -0.3 is 14.5 Å². The van der Waals surface area contributed by atoms with E-state index in [-0.39, 0.29) is 5.56 Å². The Morgan fingerprint density at radius 3 is 2.57 bits per heavy atom. The Balaban J connectivity index is 1.97. The molecule has 3 aromatic rings. The summed E-state index contributed by atoms with van der Waals surface area (Å²) in [5.41, 5.74) is -0.159. The maximum absolute atomic E-state index is 12.9. The first-order valence-electron chi connectivity index (χ1n) is 6.75. The number of anilines is 1. The third-order valence-corrected chi connectivity index (χ3v) is 3.29. The highest BCUT2D eigenvalue weighted by Crippen LogP contribution is 2.20. The number of ether oxygens (including phenoxy) is 1. The van der Waals surface area contributed by atoms with E-state index >= 15 is 0 Å². The lowest BCUT2D eigenvalue weighted by Gasteiger charge is -2.06. The van der Waals surface area contributed by atoms with Gasteiger partial charge in [0, 0.05) is 11.1 Å². The molecule has 0 spiro atoms. The third-order valence-electron chi connectivity index (χ3n) is 3.29. The Labute approximate surface area is 130 Å². The average Bonchev–Trinajstić information content (AvgIpc) is 2.55. The van der Waals surface area contributed by atoms with Gasteiger partial charge in [0.25, 0.3) is 5.91 Å². The monoisotopic (exact) mass is 313 g/mol. The number of amides is 1. The molecule has 0 unspecified atom stereocenters. The molecule has 6 heteroatoms. The summed E-state index contributed by atoms with van der Waals surface area (Å²) in [6.07, 6.45) is 0. The fourth-order valence-corrected chi connectivity index (χ4v) is 2.12. The molecule has 0 radical (unpaired) electrons.